The number of likely N-dealkylation sites (tertiary alicyclic amines) is 1. The Morgan fingerprint density at radius 1 is 1.36 bits per heavy atom. The third-order valence-electron chi connectivity index (χ3n) is 4.84. The number of aromatic nitrogens is 1. The fourth-order valence-corrected chi connectivity index (χ4v) is 3.70. The Morgan fingerprint density at radius 2 is 2.24 bits per heavy atom. The molecule has 25 heavy (non-hydrogen) atoms. The molecule has 1 unspecified atom stereocenters. The van der Waals surface area contributed by atoms with Crippen LogP contribution in [-0.2, 0) is 11.3 Å². The van der Waals surface area contributed by atoms with E-state index >= 15 is 0 Å². The average molecular weight is 361 g/mol. The number of fused-ring (bicyclic) bond motifs is 1. The molecule has 134 valence electrons. The number of hydrogen-bond donors (Lipinski definition) is 2. The molecule has 1 aliphatic rings. The summed E-state index contributed by atoms with van der Waals surface area (Å²) in [5.41, 5.74) is 7.48. The Kier molecular flexibility index (Phi) is 6.24. The standard InChI is InChI=1S/C19H25ClN4O/c20-17-7-6-14-4-3-10-22-19(14)16(17)13-24-11-2-1-5-15(24)12-23-18(25)8-9-21/h3-4,6-7,10,15H,1-2,5,8-9,11-13,21H2,(H,23,25). The molecule has 0 spiro atoms. The lowest BCUT2D eigenvalue weighted by Crippen LogP contribution is -2.46. The predicted molar refractivity (Wildman–Crippen MR) is 101 cm³/mol. The van der Waals surface area contributed by atoms with E-state index in [0.29, 0.717) is 25.6 Å². The van der Waals surface area contributed by atoms with E-state index in [2.05, 4.69) is 21.3 Å². The number of hydrogen-bond acceptors (Lipinski definition) is 4. The van der Waals surface area contributed by atoms with Gasteiger partial charge in [0.15, 0.2) is 0 Å². The molecule has 0 bridgehead atoms. The Bertz CT molecular complexity index is 736. The van der Waals surface area contributed by atoms with Crippen molar-refractivity contribution < 1.29 is 4.79 Å². The molecule has 3 N–H and O–H groups in total. The van der Waals surface area contributed by atoms with Gasteiger partial charge in [-0.1, -0.05) is 30.2 Å². The van der Waals surface area contributed by atoms with Crippen LogP contribution in [0.15, 0.2) is 30.5 Å². The first-order chi connectivity index (χ1) is 12.2. The second kappa shape index (κ2) is 8.61. The highest BCUT2D eigenvalue weighted by molar-refractivity contribution is 6.32. The van der Waals surface area contributed by atoms with Crippen molar-refractivity contribution in [2.24, 2.45) is 5.73 Å². The quantitative estimate of drug-likeness (QED) is 0.830. The molecular formula is C19H25ClN4O. The van der Waals surface area contributed by atoms with E-state index in [-0.39, 0.29) is 5.91 Å². The number of nitrogens with one attached hydrogen (secondary N) is 1. The Morgan fingerprint density at radius 3 is 3.08 bits per heavy atom. The predicted octanol–water partition coefficient (Wildman–Crippen LogP) is 2.71. The zero-order valence-electron chi connectivity index (χ0n) is 14.4. The molecule has 0 radical (unpaired) electrons. The van der Waals surface area contributed by atoms with Gasteiger partial charge in [0.05, 0.1) is 5.52 Å². The summed E-state index contributed by atoms with van der Waals surface area (Å²) < 4.78 is 0. The third-order valence-corrected chi connectivity index (χ3v) is 5.19. The van der Waals surface area contributed by atoms with Gasteiger partial charge in [-0.15, -0.1) is 0 Å². The van der Waals surface area contributed by atoms with E-state index in [9.17, 15) is 4.79 Å². The minimum Gasteiger partial charge on any atom is -0.354 e. The number of pyridine rings is 1. The van der Waals surface area contributed by atoms with Crippen molar-refractivity contribution in [3.05, 3.63) is 41.0 Å². The Labute approximate surface area is 153 Å². The number of nitrogens with zero attached hydrogens (tertiary/aromatic N) is 2. The lowest BCUT2D eigenvalue weighted by Gasteiger charge is -2.36. The van der Waals surface area contributed by atoms with E-state index in [4.69, 9.17) is 17.3 Å². The summed E-state index contributed by atoms with van der Waals surface area (Å²) in [4.78, 5) is 18.7. The summed E-state index contributed by atoms with van der Waals surface area (Å²) >= 11 is 6.49. The minimum atomic E-state index is 0.0258. The van der Waals surface area contributed by atoms with Crippen molar-refractivity contribution >= 4 is 28.4 Å². The minimum absolute atomic E-state index is 0.0258. The molecule has 6 heteroatoms. The number of carbonyl (C=O) groups excluding carboxylic acids is 1. The van der Waals surface area contributed by atoms with Gasteiger partial charge >= 0.3 is 0 Å². The van der Waals surface area contributed by atoms with Crippen LogP contribution in [0.3, 0.4) is 0 Å². The maximum atomic E-state index is 11.7. The topological polar surface area (TPSA) is 71.2 Å². The lowest BCUT2D eigenvalue weighted by molar-refractivity contribution is -0.121. The molecule has 2 heterocycles. The van der Waals surface area contributed by atoms with Crippen LogP contribution in [0.25, 0.3) is 10.9 Å². The van der Waals surface area contributed by atoms with E-state index in [1.54, 1.807) is 0 Å². The highest BCUT2D eigenvalue weighted by atomic mass is 35.5. The molecule has 1 fully saturated rings. The van der Waals surface area contributed by atoms with E-state index in [1.165, 1.54) is 12.8 Å². The second-order valence-corrected chi connectivity index (χ2v) is 6.97. The van der Waals surface area contributed by atoms with Crippen LogP contribution < -0.4 is 11.1 Å². The van der Waals surface area contributed by atoms with Gasteiger partial charge in [-0.2, -0.15) is 0 Å². The van der Waals surface area contributed by atoms with Crippen molar-refractivity contribution in [3.63, 3.8) is 0 Å². The van der Waals surface area contributed by atoms with Crippen molar-refractivity contribution in [2.75, 3.05) is 19.6 Å². The van der Waals surface area contributed by atoms with Crippen molar-refractivity contribution in [1.82, 2.24) is 15.2 Å². The molecule has 1 aromatic carbocycles. The van der Waals surface area contributed by atoms with Crippen LogP contribution >= 0.6 is 11.6 Å². The molecule has 1 saturated heterocycles. The summed E-state index contributed by atoms with van der Waals surface area (Å²) in [5, 5.41) is 4.87. The van der Waals surface area contributed by atoms with E-state index in [1.807, 2.05) is 24.4 Å². The van der Waals surface area contributed by atoms with Gasteiger partial charge in [0, 0.05) is 54.3 Å². The highest BCUT2D eigenvalue weighted by Crippen LogP contribution is 2.28. The average Bonchev–Trinajstić information content (AvgIpc) is 2.63. The van der Waals surface area contributed by atoms with Crippen LogP contribution in [0.2, 0.25) is 5.02 Å². The van der Waals surface area contributed by atoms with Crippen molar-refractivity contribution in [2.45, 2.75) is 38.3 Å². The highest BCUT2D eigenvalue weighted by Gasteiger charge is 2.24. The van der Waals surface area contributed by atoms with Crippen molar-refractivity contribution in [3.8, 4) is 0 Å². The van der Waals surface area contributed by atoms with Crippen LogP contribution in [0.4, 0.5) is 0 Å². The number of amides is 1. The van der Waals surface area contributed by atoms with Crippen LogP contribution in [0, 0.1) is 0 Å². The van der Waals surface area contributed by atoms with Crippen molar-refractivity contribution in [1.29, 1.82) is 0 Å². The fraction of sp³-hybridized carbons (Fsp3) is 0.474. The molecule has 5 nitrogen and oxygen atoms in total. The first-order valence-corrected chi connectivity index (χ1v) is 9.29. The molecule has 1 aliphatic heterocycles. The lowest BCUT2D eigenvalue weighted by atomic mass is 10.00. The van der Waals surface area contributed by atoms with Gasteiger partial charge in [0.1, 0.15) is 0 Å². The molecule has 1 amide bonds. The van der Waals surface area contributed by atoms with Crippen LogP contribution in [0.5, 0.6) is 0 Å². The molecule has 0 aliphatic carbocycles. The summed E-state index contributed by atoms with van der Waals surface area (Å²) in [7, 11) is 0. The summed E-state index contributed by atoms with van der Waals surface area (Å²) in [5.74, 6) is 0.0258. The molecular weight excluding hydrogens is 336 g/mol. The Balaban J connectivity index is 1.76. The summed E-state index contributed by atoms with van der Waals surface area (Å²) in [6, 6.07) is 8.28. The zero-order chi connectivity index (χ0) is 17.6. The SMILES string of the molecule is NCCC(=O)NCC1CCCCN1Cc1c(Cl)ccc2cccnc12. The van der Waals surface area contributed by atoms with Gasteiger partial charge < -0.3 is 11.1 Å². The monoisotopic (exact) mass is 360 g/mol. The summed E-state index contributed by atoms with van der Waals surface area (Å²) in [6.45, 7) is 2.81. The molecule has 1 aromatic heterocycles. The van der Waals surface area contributed by atoms with Gasteiger partial charge in [0.2, 0.25) is 5.91 Å². The fourth-order valence-electron chi connectivity index (χ4n) is 3.48. The van der Waals surface area contributed by atoms with Gasteiger partial charge in [0.25, 0.3) is 0 Å². The molecule has 1 atom stereocenters. The zero-order valence-corrected chi connectivity index (χ0v) is 15.1. The number of piperidine rings is 1. The summed E-state index contributed by atoms with van der Waals surface area (Å²) in [6.07, 6.45) is 5.63. The normalized spacial score (nSPS) is 18.4. The number of rotatable bonds is 6. The number of nitrogens with two attached hydrogens (primary N) is 1. The van der Waals surface area contributed by atoms with Gasteiger partial charge in [-0.05, 0) is 31.5 Å². The number of carbonyl (C=O) groups is 1. The third kappa shape index (κ3) is 4.48. The number of halogens is 1. The van der Waals surface area contributed by atoms with E-state index in [0.717, 1.165) is 41.0 Å². The van der Waals surface area contributed by atoms with Crippen LogP contribution in [-0.4, -0.2) is 41.5 Å². The molecule has 2 aromatic rings. The molecule has 0 saturated carbocycles. The van der Waals surface area contributed by atoms with Crippen LogP contribution in [0.1, 0.15) is 31.2 Å². The van der Waals surface area contributed by atoms with Gasteiger partial charge in [-0.25, -0.2) is 0 Å². The molecule has 3 rings (SSSR count). The largest absolute Gasteiger partial charge is 0.354 e. The smallest absolute Gasteiger partial charge is 0.221 e. The Hall–Kier alpha value is -1.69. The number of benzene rings is 1. The maximum Gasteiger partial charge on any atom is 0.221 e. The first kappa shape index (κ1) is 18.1. The van der Waals surface area contributed by atoms with Gasteiger partial charge in [-0.3, -0.25) is 14.7 Å². The first-order valence-electron chi connectivity index (χ1n) is 8.92. The van der Waals surface area contributed by atoms with E-state index < -0.39 is 0 Å². The second-order valence-electron chi connectivity index (χ2n) is 6.56. The maximum absolute atomic E-state index is 11.7.